The number of rotatable bonds is 1. The zero-order valence-electron chi connectivity index (χ0n) is 5.88. The molecular weight excluding hydrogens is 213 g/mol. The largest absolute Gasteiger partial charge is 0.389 e. The normalized spacial score (nSPS) is 13.1. The second-order valence-corrected chi connectivity index (χ2v) is 3.02. The Morgan fingerprint density at radius 3 is 2.82 bits per heavy atom. The Kier molecular flexibility index (Phi) is 2.57. The van der Waals surface area contributed by atoms with Crippen LogP contribution >= 0.6 is 15.9 Å². The molecule has 2 nitrogen and oxygen atoms in total. The molecule has 0 spiro atoms. The van der Waals surface area contributed by atoms with E-state index in [4.69, 9.17) is 5.11 Å². The van der Waals surface area contributed by atoms with Crippen molar-refractivity contribution in [1.82, 2.24) is 4.98 Å². The predicted octanol–water partition coefficient (Wildman–Crippen LogP) is 2.04. The van der Waals surface area contributed by atoms with Crippen molar-refractivity contribution in [2.75, 3.05) is 0 Å². The maximum Gasteiger partial charge on any atom is 0.147 e. The molecule has 1 aromatic heterocycles. The Balaban J connectivity index is 3.13. The molecular formula is C7H7BrFNO. The highest BCUT2D eigenvalue weighted by Crippen LogP contribution is 2.18. The molecule has 1 aromatic rings. The highest BCUT2D eigenvalue weighted by molar-refractivity contribution is 9.10. The van der Waals surface area contributed by atoms with Crippen molar-refractivity contribution < 1.29 is 9.50 Å². The smallest absolute Gasteiger partial charge is 0.147 e. The van der Waals surface area contributed by atoms with Gasteiger partial charge >= 0.3 is 0 Å². The van der Waals surface area contributed by atoms with Crippen LogP contribution in [0.15, 0.2) is 16.9 Å². The minimum Gasteiger partial charge on any atom is -0.389 e. The molecule has 1 heterocycles. The molecule has 0 aliphatic heterocycles. The van der Waals surface area contributed by atoms with E-state index in [2.05, 4.69) is 20.9 Å². The van der Waals surface area contributed by atoms with Crippen LogP contribution in [0.3, 0.4) is 0 Å². The molecule has 0 aliphatic rings. The highest BCUT2D eigenvalue weighted by atomic mass is 79.9. The van der Waals surface area contributed by atoms with Crippen LogP contribution in [0.25, 0.3) is 0 Å². The second-order valence-electron chi connectivity index (χ2n) is 2.20. The van der Waals surface area contributed by atoms with Gasteiger partial charge in [-0.15, -0.1) is 0 Å². The van der Waals surface area contributed by atoms with E-state index < -0.39 is 11.9 Å². The molecule has 0 saturated carbocycles. The summed E-state index contributed by atoms with van der Waals surface area (Å²) in [6.45, 7) is 1.50. The summed E-state index contributed by atoms with van der Waals surface area (Å²) in [4.78, 5) is 3.65. The van der Waals surface area contributed by atoms with E-state index in [0.29, 0.717) is 4.60 Å². The van der Waals surface area contributed by atoms with Crippen LogP contribution < -0.4 is 0 Å². The van der Waals surface area contributed by atoms with E-state index in [1.165, 1.54) is 13.0 Å². The minimum absolute atomic E-state index is 0.256. The van der Waals surface area contributed by atoms with Gasteiger partial charge in [0.25, 0.3) is 0 Å². The summed E-state index contributed by atoms with van der Waals surface area (Å²) < 4.78 is 13.3. The highest BCUT2D eigenvalue weighted by Gasteiger charge is 2.08. The number of pyridine rings is 1. The van der Waals surface area contributed by atoms with Gasteiger partial charge in [-0.3, -0.25) is 0 Å². The number of hydrogen-bond acceptors (Lipinski definition) is 2. The molecule has 0 aromatic carbocycles. The van der Waals surface area contributed by atoms with Gasteiger partial charge in [-0.1, -0.05) is 0 Å². The molecule has 60 valence electrons. The molecule has 0 aliphatic carbocycles. The van der Waals surface area contributed by atoms with E-state index in [0.717, 1.165) is 6.20 Å². The summed E-state index contributed by atoms with van der Waals surface area (Å²) in [5.74, 6) is -0.483. The topological polar surface area (TPSA) is 33.1 Å². The number of nitrogens with zero attached hydrogens (tertiary/aromatic N) is 1. The Morgan fingerprint density at radius 2 is 2.36 bits per heavy atom. The lowest BCUT2D eigenvalue weighted by molar-refractivity contribution is 0.194. The molecule has 0 bridgehead atoms. The number of halogens is 2. The van der Waals surface area contributed by atoms with Crippen molar-refractivity contribution in [1.29, 1.82) is 0 Å². The predicted molar refractivity (Wildman–Crippen MR) is 42.5 cm³/mol. The van der Waals surface area contributed by atoms with E-state index in [1.54, 1.807) is 0 Å². The summed E-state index contributed by atoms with van der Waals surface area (Å²) in [6.07, 6.45) is 0.279. The zero-order chi connectivity index (χ0) is 8.43. The van der Waals surface area contributed by atoms with Gasteiger partial charge in [0.1, 0.15) is 10.4 Å². The average molecular weight is 220 g/mol. The number of aliphatic hydroxyl groups is 1. The van der Waals surface area contributed by atoms with Crippen LogP contribution in [0.4, 0.5) is 4.39 Å². The summed E-state index contributed by atoms with van der Waals surface area (Å²) in [5, 5.41) is 9.04. The van der Waals surface area contributed by atoms with Crippen LogP contribution in [0, 0.1) is 5.82 Å². The van der Waals surface area contributed by atoms with E-state index in [-0.39, 0.29) is 5.56 Å². The summed E-state index contributed by atoms with van der Waals surface area (Å²) in [5.41, 5.74) is 0.256. The Labute approximate surface area is 72.2 Å². The Bertz CT molecular complexity index is 265. The van der Waals surface area contributed by atoms with E-state index in [9.17, 15) is 4.39 Å². The van der Waals surface area contributed by atoms with Gasteiger partial charge in [0.2, 0.25) is 0 Å². The molecule has 1 rings (SSSR count). The molecule has 11 heavy (non-hydrogen) atoms. The summed E-state index contributed by atoms with van der Waals surface area (Å²) in [6, 6.07) is 1.46. The first-order valence-corrected chi connectivity index (χ1v) is 3.89. The van der Waals surface area contributed by atoms with E-state index >= 15 is 0 Å². The Morgan fingerprint density at radius 1 is 1.73 bits per heavy atom. The minimum atomic E-state index is -0.797. The van der Waals surface area contributed by atoms with Crippen LogP contribution in [0.2, 0.25) is 0 Å². The quantitative estimate of drug-likeness (QED) is 0.734. The monoisotopic (exact) mass is 219 g/mol. The molecule has 0 saturated heterocycles. The first-order valence-electron chi connectivity index (χ1n) is 3.10. The lowest BCUT2D eigenvalue weighted by Gasteiger charge is -2.04. The molecule has 1 unspecified atom stereocenters. The number of aliphatic hydroxyl groups excluding tert-OH is 1. The molecule has 1 atom stereocenters. The summed E-state index contributed by atoms with van der Waals surface area (Å²) in [7, 11) is 0. The first kappa shape index (κ1) is 8.62. The van der Waals surface area contributed by atoms with Gasteiger partial charge in [0.05, 0.1) is 12.3 Å². The van der Waals surface area contributed by atoms with Crippen LogP contribution in [-0.2, 0) is 0 Å². The fourth-order valence-electron chi connectivity index (χ4n) is 0.748. The fourth-order valence-corrected chi connectivity index (χ4v) is 1.10. The SMILES string of the molecule is CC(O)c1cc(Br)ncc1F. The van der Waals surface area contributed by atoms with Crippen molar-refractivity contribution in [3.63, 3.8) is 0 Å². The van der Waals surface area contributed by atoms with Gasteiger partial charge in [-0.25, -0.2) is 9.37 Å². The Hall–Kier alpha value is -0.480. The lowest BCUT2D eigenvalue weighted by Crippen LogP contribution is -1.96. The van der Waals surface area contributed by atoms with Crippen molar-refractivity contribution in [2.45, 2.75) is 13.0 Å². The molecule has 0 radical (unpaired) electrons. The molecule has 4 heteroatoms. The maximum atomic E-state index is 12.8. The lowest BCUT2D eigenvalue weighted by atomic mass is 10.2. The molecule has 1 N–H and O–H groups in total. The maximum absolute atomic E-state index is 12.8. The number of aromatic nitrogens is 1. The zero-order valence-corrected chi connectivity index (χ0v) is 7.47. The molecule has 0 fully saturated rings. The van der Waals surface area contributed by atoms with Gasteiger partial charge in [0.15, 0.2) is 0 Å². The number of hydrogen-bond donors (Lipinski definition) is 1. The second kappa shape index (κ2) is 3.28. The van der Waals surface area contributed by atoms with Crippen LogP contribution in [0.1, 0.15) is 18.6 Å². The van der Waals surface area contributed by atoms with Crippen LogP contribution in [0.5, 0.6) is 0 Å². The standard InChI is InChI=1S/C7H7BrFNO/c1-4(11)5-2-7(8)10-3-6(5)9/h2-4,11H,1H3. The van der Waals surface area contributed by atoms with Gasteiger partial charge in [-0.2, -0.15) is 0 Å². The van der Waals surface area contributed by atoms with Crippen molar-refractivity contribution >= 4 is 15.9 Å². The third-order valence-corrected chi connectivity index (χ3v) is 1.74. The van der Waals surface area contributed by atoms with Crippen molar-refractivity contribution in [2.24, 2.45) is 0 Å². The van der Waals surface area contributed by atoms with Crippen molar-refractivity contribution in [3.05, 3.63) is 28.2 Å². The van der Waals surface area contributed by atoms with Gasteiger partial charge in [0, 0.05) is 5.56 Å². The van der Waals surface area contributed by atoms with E-state index in [1.807, 2.05) is 0 Å². The average Bonchev–Trinajstić information content (AvgIpc) is 1.94. The fraction of sp³-hybridized carbons (Fsp3) is 0.286. The summed E-state index contributed by atoms with van der Waals surface area (Å²) >= 11 is 3.08. The van der Waals surface area contributed by atoms with Crippen molar-refractivity contribution in [3.8, 4) is 0 Å². The third-order valence-electron chi connectivity index (χ3n) is 1.30. The third kappa shape index (κ3) is 1.97. The van der Waals surface area contributed by atoms with Gasteiger partial charge < -0.3 is 5.11 Å². The first-order chi connectivity index (χ1) is 5.11. The van der Waals surface area contributed by atoms with Crippen LogP contribution in [-0.4, -0.2) is 10.1 Å². The molecule has 0 amide bonds. The van der Waals surface area contributed by atoms with Gasteiger partial charge in [-0.05, 0) is 28.9 Å².